The van der Waals surface area contributed by atoms with Crippen molar-refractivity contribution in [2.45, 2.75) is 32.2 Å². The maximum atomic E-state index is 12.7. The summed E-state index contributed by atoms with van der Waals surface area (Å²) in [6.45, 7) is 1.50. The zero-order chi connectivity index (χ0) is 15.7. The number of aromatic nitrogens is 1. The molecule has 22 heavy (non-hydrogen) atoms. The lowest BCUT2D eigenvalue weighted by Gasteiger charge is -2.33. The number of aryl methyl sites for hydroxylation is 1. The second-order valence-electron chi connectivity index (χ2n) is 5.88. The number of carbonyl (C=O) groups is 2. The number of hydrogen-bond donors (Lipinski definition) is 1. The smallest absolute Gasteiger partial charge is 0.270 e. The summed E-state index contributed by atoms with van der Waals surface area (Å²) in [7, 11) is 1.84. The van der Waals surface area contributed by atoms with Crippen LogP contribution in [0.3, 0.4) is 0 Å². The van der Waals surface area contributed by atoms with E-state index in [1.54, 1.807) is 17.2 Å². The molecule has 0 bridgehead atoms. The summed E-state index contributed by atoms with van der Waals surface area (Å²) in [5.41, 5.74) is 3.58. The van der Waals surface area contributed by atoms with Crippen LogP contribution in [0, 0.1) is 0 Å². The van der Waals surface area contributed by atoms with Crippen LogP contribution in [0.25, 0.3) is 0 Å². The number of hydrogen-bond acceptors (Lipinski definition) is 2. The third kappa shape index (κ3) is 2.56. The highest BCUT2D eigenvalue weighted by molar-refractivity contribution is 5.99. The lowest BCUT2D eigenvalue weighted by molar-refractivity contribution is 0.0710. The van der Waals surface area contributed by atoms with E-state index in [0.29, 0.717) is 11.3 Å². The average Bonchev–Trinajstić information content (AvgIpc) is 3.03. The number of nitrogens with zero attached hydrogens (tertiary/aromatic N) is 1. The first kappa shape index (κ1) is 14.6. The van der Waals surface area contributed by atoms with Crippen LogP contribution in [0.15, 0.2) is 36.5 Å². The minimum atomic E-state index is -0.0748. The molecule has 1 atom stereocenters. The third-order valence-electron chi connectivity index (χ3n) is 4.45. The normalized spacial score (nSPS) is 16.9. The van der Waals surface area contributed by atoms with Crippen molar-refractivity contribution in [1.82, 2.24) is 9.88 Å². The first-order chi connectivity index (χ1) is 10.6. The second kappa shape index (κ2) is 5.79. The van der Waals surface area contributed by atoms with Gasteiger partial charge in [-0.15, -0.1) is 0 Å². The molecule has 1 aliphatic carbocycles. The first-order valence-corrected chi connectivity index (χ1v) is 7.62. The molecule has 0 aliphatic heterocycles. The summed E-state index contributed by atoms with van der Waals surface area (Å²) in [4.78, 5) is 28.7. The summed E-state index contributed by atoms with van der Waals surface area (Å²) < 4.78 is 0. The molecule has 1 heterocycles. The van der Waals surface area contributed by atoms with E-state index in [1.807, 2.05) is 19.2 Å². The number of H-pyrrole nitrogens is 1. The number of benzene rings is 1. The van der Waals surface area contributed by atoms with E-state index in [2.05, 4.69) is 17.1 Å². The van der Waals surface area contributed by atoms with Crippen LogP contribution in [0.1, 0.15) is 57.8 Å². The summed E-state index contributed by atoms with van der Waals surface area (Å²) in [5.74, 6) is -0.116. The molecule has 4 heteroatoms. The van der Waals surface area contributed by atoms with Gasteiger partial charge in [0.2, 0.25) is 0 Å². The largest absolute Gasteiger partial charge is 0.356 e. The Morgan fingerprint density at radius 3 is 2.77 bits per heavy atom. The molecule has 1 amide bonds. The van der Waals surface area contributed by atoms with Crippen LogP contribution in [-0.2, 0) is 6.42 Å². The molecule has 1 aromatic carbocycles. The van der Waals surface area contributed by atoms with Gasteiger partial charge in [-0.3, -0.25) is 9.59 Å². The molecule has 0 fully saturated rings. The molecule has 0 saturated carbocycles. The molecule has 2 aromatic rings. The molecule has 1 aromatic heterocycles. The van der Waals surface area contributed by atoms with Crippen LogP contribution < -0.4 is 0 Å². The molecule has 1 aliphatic rings. The number of carbonyl (C=O) groups excluding carboxylic acids is 2. The lowest BCUT2D eigenvalue weighted by Crippen LogP contribution is -2.33. The van der Waals surface area contributed by atoms with Gasteiger partial charge in [0, 0.05) is 18.8 Å². The minimum absolute atomic E-state index is 0.0408. The van der Waals surface area contributed by atoms with E-state index in [9.17, 15) is 9.59 Å². The van der Waals surface area contributed by atoms with E-state index >= 15 is 0 Å². The number of aromatic amines is 1. The number of fused-ring (bicyclic) bond motifs is 1. The molecule has 3 rings (SSSR count). The Hall–Kier alpha value is -2.36. The molecule has 4 nitrogen and oxygen atoms in total. The fourth-order valence-corrected chi connectivity index (χ4v) is 3.18. The Kier molecular flexibility index (Phi) is 3.84. The van der Waals surface area contributed by atoms with Crippen molar-refractivity contribution >= 4 is 11.7 Å². The van der Waals surface area contributed by atoms with E-state index in [0.717, 1.165) is 19.3 Å². The molecule has 0 spiro atoms. The van der Waals surface area contributed by atoms with Crippen molar-refractivity contribution in [1.29, 1.82) is 0 Å². The topological polar surface area (TPSA) is 53.2 Å². The highest BCUT2D eigenvalue weighted by Gasteiger charge is 2.27. The molecule has 0 saturated heterocycles. The highest BCUT2D eigenvalue weighted by atomic mass is 16.2. The van der Waals surface area contributed by atoms with Crippen molar-refractivity contribution in [2.24, 2.45) is 0 Å². The standard InChI is InChI=1S/C18H20N2O2/c1-12(21)14-10-16(19-11-14)18(22)20(2)17-9-5-7-13-6-3-4-8-15(13)17/h3-4,6,8,10-11,17,19H,5,7,9H2,1-2H3. The van der Waals surface area contributed by atoms with Gasteiger partial charge in [-0.2, -0.15) is 0 Å². The van der Waals surface area contributed by atoms with Gasteiger partial charge in [-0.25, -0.2) is 0 Å². The quantitative estimate of drug-likeness (QED) is 0.883. The van der Waals surface area contributed by atoms with Crippen LogP contribution in [0.4, 0.5) is 0 Å². The first-order valence-electron chi connectivity index (χ1n) is 7.62. The van der Waals surface area contributed by atoms with E-state index in [1.165, 1.54) is 18.1 Å². The van der Waals surface area contributed by atoms with Gasteiger partial charge in [0.15, 0.2) is 5.78 Å². The highest BCUT2D eigenvalue weighted by Crippen LogP contribution is 2.34. The van der Waals surface area contributed by atoms with Crippen molar-refractivity contribution in [3.63, 3.8) is 0 Å². The molecule has 1 N–H and O–H groups in total. The Labute approximate surface area is 130 Å². The van der Waals surface area contributed by atoms with Gasteiger partial charge < -0.3 is 9.88 Å². The van der Waals surface area contributed by atoms with Crippen LogP contribution in [0.2, 0.25) is 0 Å². The van der Waals surface area contributed by atoms with Crippen molar-refractivity contribution < 1.29 is 9.59 Å². The van der Waals surface area contributed by atoms with Gasteiger partial charge in [0.25, 0.3) is 5.91 Å². The molecule has 1 unspecified atom stereocenters. The van der Waals surface area contributed by atoms with Gasteiger partial charge in [-0.05, 0) is 43.4 Å². The summed E-state index contributed by atoms with van der Waals surface area (Å²) in [6, 6.07) is 10.1. The van der Waals surface area contributed by atoms with Gasteiger partial charge >= 0.3 is 0 Å². The Morgan fingerprint density at radius 1 is 1.27 bits per heavy atom. The summed E-state index contributed by atoms with van der Waals surface area (Å²) >= 11 is 0. The van der Waals surface area contributed by atoms with Crippen LogP contribution in [-0.4, -0.2) is 28.6 Å². The Morgan fingerprint density at radius 2 is 2.05 bits per heavy atom. The van der Waals surface area contributed by atoms with Crippen molar-refractivity contribution in [3.05, 3.63) is 58.9 Å². The maximum Gasteiger partial charge on any atom is 0.270 e. The predicted octanol–water partition coefficient (Wildman–Crippen LogP) is 3.37. The van der Waals surface area contributed by atoms with Crippen molar-refractivity contribution in [2.75, 3.05) is 7.05 Å². The van der Waals surface area contributed by atoms with Crippen LogP contribution in [0.5, 0.6) is 0 Å². The fraction of sp³-hybridized carbons (Fsp3) is 0.333. The summed E-state index contributed by atoms with van der Waals surface area (Å²) in [6.07, 6.45) is 4.73. The zero-order valence-electron chi connectivity index (χ0n) is 12.9. The SMILES string of the molecule is CC(=O)c1c[nH]c(C(=O)N(C)C2CCCc3ccccc32)c1. The number of ketones is 1. The zero-order valence-corrected chi connectivity index (χ0v) is 12.9. The van der Waals surface area contributed by atoms with Gasteiger partial charge in [0.05, 0.1) is 6.04 Å². The Balaban J connectivity index is 1.86. The number of amides is 1. The molecule has 114 valence electrons. The second-order valence-corrected chi connectivity index (χ2v) is 5.88. The lowest BCUT2D eigenvalue weighted by atomic mass is 9.87. The van der Waals surface area contributed by atoms with Gasteiger partial charge in [0.1, 0.15) is 5.69 Å². The molecular weight excluding hydrogens is 276 g/mol. The molecular formula is C18H20N2O2. The minimum Gasteiger partial charge on any atom is -0.356 e. The fourth-order valence-electron chi connectivity index (χ4n) is 3.18. The number of rotatable bonds is 3. The maximum absolute atomic E-state index is 12.7. The molecule has 0 radical (unpaired) electrons. The summed E-state index contributed by atoms with van der Waals surface area (Å²) in [5, 5.41) is 0. The number of Topliss-reactive ketones (excluding diaryl/α,β-unsaturated/α-hetero) is 1. The van der Waals surface area contributed by atoms with E-state index in [4.69, 9.17) is 0 Å². The van der Waals surface area contributed by atoms with Crippen LogP contribution >= 0.6 is 0 Å². The van der Waals surface area contributed by atoms with E-state index < -0.39 is 0 Å². The average molecular weight is 296 g/mol. The third-order valence-corrected chi connectivity index (χ3v) is 4.45. The Bertz CT molecular complexity index is 717. The number of nitrogens with one attached hydrogen (secondary N) is 1. The van der Waals surface area contributed by atoms with Gasteiger partial charge in [-0.1, -0.05) is 24.3 Å². The van der Waals surface area contributed by atoms with Crippen molar-refractivity contribution in [3.8, 4) is 0 Å². The van der Waals surface area contributed by atoms with E-state index in [-0.39, 0.29) is 17.7 Å². The predicted molar refractivity (Wildman–Crippen MR) is 85.0 cm³/mol. The monoisotopic (exact) mass is 296 g/mol.